The Balaban J connectivity index is 0.971. The number of aliphatic hydroxyl groups excluding tert-OH is 15. The fourth-order valence-corrected chi connectivity index (χ4v) is 16.3. The molecule has 24 nitrogen and oxygen atoms in total. The number of hydrogen-bond donors (Lipinski definition) is 16. The quantitative estimate of drug-likeness (QED) is 0.0615. The third-order valence-corrected chi connectivity index (χ3v) is 21.1. The van der Waals surface area contributed by atoms with E-state index >= 15 is 0 Å². The average Bonchev–Trinajstić information content (AvgIpc) is 2.67. The van der Waals surface area contributed by atoms with E-state index in [1.807, 2.05) is 0 Å². The standard InChI is InChI=1S/C55H94O24/c1-9-55-17-16-24(23(2)10-14-34(52(5,6)71)77-50-46(41(67)37(63)29(21-58)75-50)79-48-43(69)40(66)36(62)28(20-57)73-48)53(55,7)18-32(60)54(8)26-12-15-33(51(3,4)25(26)11-13-31(54)55)76-49-44(70)45(38(64)30(22-59)74-49)78-47-42(68)39(65)35(61)27(19-56)72-47/h11,23-24,26-50,56-71H,9-10,12-22H2,1-8H3/t23-,24?,26?,27-,28-,29-,30-,31?,32-,33+,34-,35-,36-,37-,38-,39+,40+,41+,42-,43-,44-,45+,46-,47+,48+,49+,50+,53-,54+,55+/m1/s1. The van der Waals surface area contributed by atoms with Crippen molar-refractivity contribution in [3.8, 4) is 0 Å². The van der Waals surface area contributed by atoms with E-state index in [0.717, 1.165) is 24.8 Å². The number of hydrogen-bond acceptors (Lipinski definition) is 24. The molecule has 0 amide bonds. The highest BCUT2D eigenvalue weighted by Gasteiger charge is 2.71. The number of ether oxygens (including phenoxy) is 8. The molecule has 0 aromatic heterocycles. The molecule has 0 spiro atoms. The van der Waals surface area contributed by atoms with Crippen LogP contribution in [0, 0.1) is 45.3 Å². The van der Waals surface area contributed by atoms with Gasteiger partial charge < -0.3 is 120 Å². The molecule has 79 heavy (non-hydrogen) atoms. The second-order valence-corrected chi connectivity index (χ2v) is 25.9. The van der Waals surface area contributed by atoms with Gasteiger partial charge in [-0.1, -0.05) is 53.2 Å². The lowest BCUT2D eigenvalue weighted by atomic mass is 9.37. The van der Waals surface area contributed by atoms with E-state index in [0.29, 0.717) is 32.1 Å². The SMILES string of the molecule is CC[C@@]12CCC([C@H](C)CC[C@@H](O[C@@H]3O[C@H](CO)[C@@H](O)[C@H](O)[C@H]3O[C@@H]3O[C@H](CO)[C@@H](O)[C@H](O)[C@H]3O)C(C)(C)O)[C@@]1(C)C[C@@H](O)[C@@]1(C)C3CC[C@H](O[C@@H]4O[C@H](CO)[C@@H](O)[C@H](O[C@@H]5O[C@H](CO)[C@@H](O)[C@H](O)[C@H]5O)[C@H]4O)C(C)(C)C3=CCC12. The Labute approximate surface area is 461 Å². The summed E-state index contributed by atoms with van der Waals surface area (Å²) in [7, 11) is 0. The number of aliphatic hydroxyl groups is 16. The molecule has 4 aliphatic heterocycles. The minimum absolute atomic E-state index is 0.0433. The van der Waals surface area contributed by atoms with Gasteiger partial charge in [-0.25, -0.2) is 0 Å². The Morgan fingerprint density at radius 3 is 1.61 bits per heavy atom. The zero-order valence-corrected chi connectivity index (χ0v) is 46.8. The number of rotatable bonds is 18. The van der Waals surface area contributed by atoms with Crippen molar-refractivity contribution in [3.05, 3.63) is 11.6 Å². The monoisotopic (exact) mass is 1140 g/mol. The number of allylic oxidation sites excluding steroid dienone is 1. The molecule has 4 saturated heterocycles. The van der Waals surface area contributed by atoms with E-state index < -0.39 is 184 Å². The highest BCUT2D eigenvalue weighted by atomic mass is 16.8. The summed E-state index contributed by atoms with van der Waals surface area (Å²) < 4.78 is 47.8. The molecule has 3 unspecified atom stereocenters. The molecule has 7 fully saturated rings. The van der Waals surface area contributed by atoms with Gasteiger partial charge in [0.05, 0.1) is 50.3 Å². The first-order valence-corrected chi connectivity index (χ1v) is 28.6. The van der Waals surface area contributed by atoms with Gasteiger partial charge in [0.2, 0.25) is 0 Å². The van der Waals surface area contributed by atoms with E-state index in [4.69, 9.17) is 37.9 Å². The van der Waals surface area contributed by atoms with Crippen LogP contribution in [0.2, 0.25) is 0 Å². The molecule has 3 saturated carbocycles. The van der Waals surface area contributed by atoms with Gasteiger partial charge >= 0.3 is 0 Å². The van der Waals surface area contributed by atoms with Crippen LogP contribution in [0.25, 0.3) is 0 Å². The molecule has 8 aliphatic rings. The third-order valence-electron chi connectivity index (χ3n) is 21.1. The second kappa shape index (κ2) is 24.3. The van der Waals surface area contributed by atoms with Crippen LogP contribution in [0.15, 0.2) is 11.6 Å². The summed E-state index contributed by atoms with van der Waals surface area (Å²) in [6.07, 6.45) is -26.4. The summed E-state index contributed by atoms with van der Waals surface area (Å²) in [5.41, 5.74) is -2.12. The van der Waals surface area contributed by atoms with Crippen LogP contribution in [-0.4, -0.2) is 255 Å². The predicted octanol–water partition coefficient (Wildman–Crippen LogP) is -2.84. The molecule has 0 aromatic carbocycles. The zero-order chi connectivity index (χ0) is 58.2. The maximum atomic E-state index is 12.8. The van der Waals surface area contributed by atoms with E-state index in [2.05, 4.69) is 47.6 Å². The number of fused-ring (bicyclic) bond motifs is 5. The van der Waals surface area contributed by atoms with Gasteiger partial charge in [0.1, 0.15) is 97.7 Å². The van der Waals surface area contributed by atoms with Crippen molar-refractivity contribution in [2.75, 3.05) is 26.4 Å². The first-order valence-electron chi connectivity index (χ1n) is 28.6. The van der Waals surface area contributed by atoms with Crippen molar-refractivity contribution in [1.82, 2.24) is 0 Å². The third kappa shape index (κ3) is 11.1. The molecular weight excluding hydrogens is 1040 g/mol. The van der Waals surface area contributed by atoms with E-state index in [1.54, 1.807) is 13.8 Å². The van der Waals surface area contributed by atoms with Crippen LogP contribution in [0.5, 0.6) is 0 Å². The lowest BCUT2D eigenvalue weighted by molar-refractivity contribution is -0.375. The summed E-state index contributed by atoms with van der Waals surface area (Å²) in [5.74, 6) is 0.228. The fraction of sp³-hybridized carbons (Fsp3) is 0.964. The Morgan fingerprint density at radius 2 is 1.09 bits per heavy atom. The van der Waals surface area contributed by atoms with Gasteiger partial charge in [0.15, 0.2) is 25.2 Å². The molecule has 0 aromatic rings. The Bertz CT molecular complexity index is 2040. The summed E-state index contributed by atoms with van der Waals surface area (Å²) in [6.45, 7) is 13.3. The van der Waals surface area contributed by atoms with Crippen molar-refractivity contribution in [2.24, 2.45) is 45.3 Å². The smallest absolute Gasteiger partial charge is 0.187 e. The van der Waals surface area contributed by atoms with E-state index in [1.165, 1.54) is 0 Å². The van der Waals surface area contributed by atoms with Gasteiger partial charge in [-0.15, -0.1) is 0 Å². The van der Waals surface area contributed by atoms with Crippen molar-refractivity contribution in [1.29, 1.82) is 0 Å². The first kappa shape index (κ1) is 63.8. The molecule has 24 heteroatoms. The van der Waals surface area contributed by atoms with Crippen LogP contribution in [0.1, 0.15) is 113 Å². The normalized spacial score (nSPS) is 50.9. The van der Waals surface area contributed by atoms with Gasteiger partial charge in [-0.3, -0.25) is 0 Å². The van der Waals surface area contributed by atoms with Crippen molar-refractivity contribution >= 4 is 0 Å². The first-order chi connectivity index (χ1) is 37.0. The summed E-state index contributed by atoms with van der Waals surface area (Å²) >= 11 is 0. The van der Waals surface area contributed by atoms with Crippen LogP contribution < -0.4 is 0 Å². The molecular formula is C55H94O24. The van der Waals surface area contributed by atoms with Gasteiger partial charge in [0, 0.05) is 10.8 Å². The fourth-order valence-electron chi connectivity index (χ4n) is 16.3. The summed E-state index contributed by atoms with van der Waals surface area (Å²) in [6, 6.07) is 0. The van der Waals surface area contributed by atoms with Gasteiger partial charge in [0.25, 0.3) is 0 Å². The van der Waals surface area contributed by atoms with Crippen LogP contribution in [0.3, 0.4) is 0 Å². The molecule has 16 N–H and O–H groups in total. The minimum atomic E-state index is -1.86. The van der Waals surface area contributed by atoms with E-state index in [-0.39, 0.29) is 40.9 Å². The molecule has 8 rings (SSSR count). The second-order valence-electron chi connectivity index (χ2n) is 25.9. The van der Waals surface area contributed by atoms with Crippen molar-refractivity contribution in [3.63, 3.8) is 0 Å². The van der Waals surface area contributed by atoms with Gasteiger partial charge in [-0.2, -0.15) is 0 Å². The van der Waals surface area contributed by atoms with Crippen LogP contribution in [0.4, 0.5) is 0 Å². The van der Waals surface area contributed by atoms with Crippen molar-refractivity contribution < 1.29 is 120 Å². The Morgan fingerprint density at radius 1 is 0.595 bits per heavy atom. The summed E-state index contributed by atoms with van der Waals surface area (Å²) in [4.78, 5) is 0. The maximum Gasteiger partial charge on any atom is 0.187 e. The van der Waals surface area contributed by atoms with Crippen LogP contribution in [-0.2, 0) is 37.9 Å². The predicted molar refractivity (Wildman–Crippen MR) is 272 cm³/mol. The lowest BCUT2D eigenvalue weighted by Gasteiger charge is -2.68. The average molecular weight is 1140 g/mol. The maximum absolute atomic E-state index is 12.8. The molecule has 0 bridgehead atoms. The molecule has 30 atom stereocenters. The van der Waals surface area contributed by atoms with Crippen LogP contribution >= 0.6 is 0 Å². The zero-order valence-electron chi connectivity index (χ0n) is 46.8. The molecule has 4 heterocycles. The molecule has 0 radical (unpaired) electrons. The minimum Gasteiger partial charge on any atom is -0.394 e. The lowest BCUT2D eigenvalue weighted by Crippen LogP contribution is -2.66. The largest absolute Gasteiger partial charge is 0.394 e. The van der Waals surface area contributed by atoms with Crippen molar-refractivity contribution in [2.45, 2.75) is 260 Å². The molecule has 458 valence electrons. The molecule has 4 aliphatic carbocycles. The Kier molecular flexibility index (Phi) is 19.6. The Hall–Kier alpha value is -1.22. The van der Waals surface area contributed by atoms with Gasteiger partial charge in [-0.05, 0) is 106 Å². The van der Waals surface area contributed by atoms with E-state index in [9.17, 15) is 81.7 Å². The summed E-state index contributed by atoms with van der Waals surface area (Å²) in [5, 5.41) is 173. The highest BCUT2D eigenvalue weighted by molar-refractivity contribution is 5.32. The topological polar surface area (TPSA) is 398 Å². The highest BCUT2D eigenvalue weighted by Crippen LogP contribution is 2.76.